The Labute approximate surface area is 69.2 Å². The predicted molar refractivity (Wildman–Crippen MR) is 40.6 cm³/mol. The fourth-order valence-corrected chi connectivity index (χ4v) is 0.954. The average molecular weight is 195 g/mol. The van der Waals surface area contributed by atoms with Crippen molar-refractivity contribution in [2.75, 3.05) is 12.0 Å². The first-order valence-corrected chi connectivity index (χ1v) is 4.89. The van der Waals surface area contributed by atoms with Gasteiger partial charge >= 0.3 is 6.03 Å². The third-order valence-electron chi connectivity index (χ3n) is 0.718. The van der Waals surface area contributed by atoms with Gasteiger partial charge in [-0.1, -0.05) is 0 Å². The molecule has 0 fully saturated rings. The Kier molecular flexibility index (Phi) is 3.48. The average Bonchev–Trinajstić information content (AvgIpc) is 1.79. The van der Waals surface area contributed by atoms with Gasteiger partial charge in [-0.25, -0.2) is 18.6 Å². The van der Waals surface area contributed by atoms with Crippen LogP contribution in [-0.4, -0.2) is 32.4 Å². The zero-order chi connectivity index (χ0) is 9.78. The molecule has 0 unspecified atom stereocenters. The summed E-state index contributed by atoms with van der Waals surface area (Å²) in [5, 5.41) is 0. The van der Waals surface area contributed by atoms with Gasteiger partial charge in [0, 0.05) is 6.26 Å². The molecule has 0 aromatic heterocycles. The first-order chi connectivity index (χ1) is 5.31. The Bertz CT molecular complexity index is 283. The van der Waals surface area contributed by atoms with Crippen molar-refractivity contribution in [3.63, 3.8) is 0 Å². The van der Waals surface area contributed by atoms with E-state index < -0.39 is 27.5 Å². The number of urea groups is 1. The normalized spacial score (nSPS) is 10.4. The van der Waals surface area contributed by atoms with Crippen LogP contribution in [0, 0.1) is 0 Å². The Hall–Kier alpha value is -1.31. The lowest BCUT2D eigenvalue weighted by Crippen LogP contribution is -2.46. The first kappa shape index (κ1) is 10.7. The Morgan fingerprint density at radius 1 is 1.33 bits per heavy atom. The second kappa shape index (κ2) is 3.90. The molecular weight excluding hydrogens is 186 g/mol. The van der Waals surface area contributed by atoms with E-state index >= 15 is 0 Å². The summed E-state index contributed by atoms with van der Waals surface area (Å²) in [5.41, 5.74) is 8.13. The molecule has 0 saturated heterocycles. The van der Waals surface area contributed by atoms with Crippen molar-refractivity contribution in [2.45, 2.75) is 0 Å². The summed E-state index contributed by atoms with van der Waals surface area (Å²) in [6.07, 6.45) is 0.900. The summed E-state index contributed by atoms with van der Waals surface area (Å²) in [5.74, 6) is -1.52. The Balaban J connectivity index is 3.84. The summed E-state index contributed by atoms with van der Waals surface area (Å²) < 4.78 is 21.0. The topological polar surface area (TPSA) is 118 Å². The summed E-state index contributed by atoms with van der Waals surface area (Å²) in [4.78, 5) is 20.6. The summed E-state index contributed by atoms with van der Waals surface area (Å²) >= 11 is 0. The van der Waals surface area contributed by atoms with Crippen molar-refractivity contribution in [1.29, 1.82) is 0 Å². The first-order valence-electron chi connectivity index (χ1n) is 2.83. The number of nitrogens with one attached hydrogen (secondary N) is 2. The van der Waals surface area contributed by atoms with Crippen molar-refractivity contribution in [2.24, 2.45) is 5.73 Å². The third kappa shape index (κ3) is 6.81. The summed E-state index contributed by atoms with van der Waals surface area (Å²) in [6.45, 7) is 0. The van der Waals surface area contributed by atoms with Crippen LogP contribution in [-0.2, 0) is 14.6 Å². The van der Waals surface area contributed by atoms with Gasteiger partial charge in [0.2, 0.25) is 0 Å². The van der Waals surface area contributed by atoms with Crippen LogP contribution in [0.4, 0.5) is 4.79 Å². The maximum atomic E-state index is 10.6. The predicted octanol–water partition coefficient (Wildman–Crippen LogP) is -2.27. The molecule has 8 heteroatoms. The lowest BCUT2D eigenvalue weighted by molar-refractivity contribution is -0.119. The highest BCUT2D eigenvalue weighted by Gasteiger charge is 2.10. The molecule has 0 atom stereocenters. The highest BCUT2D eigenvalue weighted by Crippen LogP contribution is 1.79. The van der Waals surface area contributed by atoms with Crippen LogP contribution < -0.4 is 16.6 Å². The van der Waals surface area contributed by atoms with Crippen LogP contribution in [0.25, 0.3) is 0 Å². The second-order valence-corrected chi connectivity index (χ2v) is 4.25. The van der Waals surface area contributed by atoms with Gasteiger partial charge in [0.15, 0.2) is 9.84 Å². The highest BCUT2D eigenvalue weighted by atomic mass is 32.2. The monoisotopic (exact) mass is 195 g/mol. The lowest BCUT2D eigenvalue weighted by Gasteiger charge is -2.02. The van der Waals surface area contributed by atoms with Gasteiger partial charge in [-0.05, 0) is 0 Å². The Morgan fingerprint density at radius 3 is 2.17 bits per heavy atom. The van der Waals surface area contributed by atoms with E-state index in [4.69, 9.17) is 0 Å². The largest absolute Gasteiger partial charge is 0.350 e. The quantitative estimate of drug-likeness (QED) is 0.430. The van der Waals surface area contributed by atoms with Crippen LogP contribution >= 0.6 is 0 Å². The van der Waals surface area contributed by atoms with Crippen LogP contribution in [0.5, 0.6) is 0 Å². The van der Waals surface area contributed by atoms with Crippen molar-refractivity contribution in [3.05, 3.63) is 0 Å². The molecule has 0 bridgehead atoms. The van der Waals surface area contributed by atoms with E-state index in [1.54, 1.807) is 10.9 Å². The van der Waals surface area contributed by atoms with E-state index in [2.05, 4.69) is 5.73 Å². The molecule has 0 heterocycles. The number of nitrogens with two attached hydrogens (primary N) is 1. The minimum Gasteiger partial charge on any atom is -0.350 e. The molecule has 12 heavy (non-hydrogen) atoms. The summed E-state index contributed by atoms with van der Waals surface area (Å²) in [7, 11) is -3.38. The zero-order valence-electron chi connectivity index (χ0n) is 6.33. The van der Waals surface area contributed by atoms with E-state index in [-0.39, 0.29) is 0 Å². The Morgan fingerprint density at radius 2 is 1.83 bits per heavy atom. The fourth-order valence-electron chi connectivity index (χ4n) is 0.406. The molecule has 0 aliphatic carbocycles. The smallest absolute Gasteiger partial charge is 0.330 e. The SMILES string of the molecule is CS(=O)(=O)CC(=O)NNC(N)=O. The van der Waals surface area contributed by atoms with E-state index in [0.717, 1.165) is 6.26 Å². The van der Waals surface area contributed by atoms with Gasteiger partial charge in [-0.3, -0.25) is 10.2 Å². The molecule has 0 aromatic rings. The van der Waals surface area contributed by atoms with Crippen LogP contribution in [0.1, 0.15) is 0 Å². The van der Waals surface area contributed by atoms with E-state index in [1.165, 1.54) is 0 Å². The molecule has 0 aromatic carbocycles. The van der Waals surface area contributed by atoms with E-state index in [1.807, 2.05) is 0 Å². The molecular formula is C4H9N3O4S. The van der Waals surface area contributed by atoms with Gasteiger partial charge < -0.3 is 5.73 Å². The number of carbonyl (C=O) groups excluding carboxylic acids is 2. The number of hydrazine groups is 1. The van der Waals surface area contributed by atoms with E-state index in [0.29, 0.717) is 0 Å². The van der Waals surface area contributed by atoms with Crippen molar-refractivity contribution < 1.29 is 18.0 Å². The number of carbonyl (C=O) groups is 2. The van der Waals surface area contributed by atoms with E-state index in [9.17, 15) is 18.0 Å². The van der Waals surface area contributed by atoms with Gasteiger partial charge in [0.1, 0.15) is 5.75 Å². The zero-order valence-corrected chi connectivity index (χ0v) is 7.14. The molecule has 0 radical (unpaired) electrons. The number of rotatable bonds is 2. The molecule has 4 N–H and O–H groups in total. The van der Waals surface area contributed by atoms with Crippen molar-refractivity contribution in [3.8, 4) is 0 Å². The molecule has 0 aliphatic heterocycles. The van der Waals surface area contributed by atoms with Crippen LogP contribution in [0.2, 0.25) is 0 Å². The summed E-state index contributed by atoms with van der Waals surface area (Å²) in [6, 6.07) is -0.961. The number of amides is 3. The van der Waals surface area contributed by atoms with Crippen LogP contribution in [0.3, 0.4) is 0 Å². The minimum absolute atomic E-state index is 0.687. The van der Waals surface area contributed by atoms with Crippen molar-refractivity contribution in [1.82, 2.24) is 10.9 Å². The maximum Gasteiger partial charge on any atom is 0.330 e. The molecule has 7 nitrogen and oxygen atoms in total. The van der Waals surface area contributed by atoms with Crippen LogP contribution in [0.15, 0.2) is 0 Å². The molecule has 0 saturated carbocycles. The molecule has 0 rings (SSSR count). The molecule has 70 valence electrons. The second-order valence-electron chi connectivity index (χ2n) is 2.11. The highest BCUT2D eigenvalue weighted by molar-refractivity contribution is 7.91. The fraction of sp³-hybridized carbons (Fsp3) is 0.500. The van der Waals surface area contributed by atoms with Crippen molar-refractivity contribution >= 4 is 21.8 Å². The van der Waals surface area contributed by atoms with Gasteiger partial charge in [-0.15, -0.1) is 0 Å². The third-order valence-corrected chi connectivity index (χ3v) is 1.50. The maximum absolute atomic E-state index is 10.6. The number of hydrogen-bond acceptors (Lipinski definition) is 4. The minimum atomic E-state index is -3.38. The van der Waals surface area contributed by atoms with Gasteiger partial charge in [0.05, 0.1) is 0 Å². The number of hydrogen-bond donors (Lipinski definition) is 3. The van der Waals surface area contributed by atoms with Gasteiger partial charge in [-0.2, -0.15) is 0 Å². The molecule has 0 aliphatic rings. The standard InChI is InChI=1S/C4H9N3O4S/c1-12(10,11)2-3(8)6-7-4(5)9/h2H2,1H3,(H,6,8)(H3,5,7,9). The van der Waals surface area contributed by atoms with Gasteiger partial charge in [0.25, 0.3) is 5.91 Å². The molecule has 0 spiro atoms. The number of sulfone groups is 1. The molecule has 3 amide bonds. The lowest BCUT2D eigenvalue weighted by atomic mass is 10.7. The number of primary amides is 1.